The van der Waals surface area contributed by atoms with Crippen molar-refractivity contribution in [1.82, 2.24) is 14.9 Å². The maximum Gasteiger partial charge on any atom is 0.417 e. The summed E-state index contributed by atoms with van der Waals surface area (Å²) in [6.45, 7) is 6.64. The highest BCUT2D eigenvalue weighted by Crippen LogP contribution is 2.17. The molecule has 0 aromatic carbocycles. The summed E-state index contributed by atoms with van der Waals surface area (Å²) >= 11 is 0. The second kappa shape index (κ2) is 6.02. The van der Waals surface area contributed by atoms with Gasteiger partial charge in [-0.1, -0.05) is 0 Å². The molecule has 2 rings (SSSR count). The first-order valence-corrected chi connectivity index (χ1v) is 6.80. The van der Waals surface area contributed by atoms with E-state index in [0.717, 1.165) is 12.8 Å². The molecule has 1 amide bonds. The van der Waals surface area contributed by atoms with E-state index in [4.69, 9.17) is 9.57 Å². The van der Waals surface area contributed by atoms with E-state index < -0.39 is 11.7 Å². The van der Waals surface area contributed by atoms with Gasteiger partial charge in [0, 0.05) is 13.1 Å². The summed E-state index contributed by atoms with van der Waals surface area (Å²) in [6, 6.07) is -0.0835. The predicted molar refractivity (Wildman–Crippen MR) is 73.0 cm³/mol. The van der Waals surface area contributed by atoms with E-state index >= 15 is 0 Å². The largest absolute Gasteiger partial charge is 0.417 e. The molecule has 0 spiro atoms. The summed E-state index contributed by atoms with van der Waals surface area (Å²) in [5.41, 5.74) is -0.492. The van der Waals surface area contributed by atoms with E-state index in [0.29, 0.717) is 18.0 Å². The predicted octanol–water partition coefficient (Wildman–Crippen LogP) is 2.21. The Balaban J connectivity index is 1.95. The zero-order valence-corrected chi connectivity index (χ0v) is 12.4. The van der Waals surface area contributed by atoms with E-state index in [1.54, 1.807) is 25.7 Å². The average Bonchev–Trinajstić information content (AvgIpc) is 2.91. The van der Waals surface area contributed by atoms with Crippen LogP contribution in [0.4, 0.5) is 10.5 Å². The molecule has 1 aliphatic rings. The summed E-state index contributed by atoms with van der Waals surface area (Å²) in [6.07, 6.45) is 3.98. The second-order valence-electron chi connectivity index (χ2n) is 5.75. The lowest BCUT2D eigenvalue weighted by atomic mass is 10.2. The first-order valence-electron chi connectivity index (χ1n) is 6.80. The Bertz CT molecular complexity index is 518. The molecule has 1 saturated heterocycles. The molecule has 8 heteroatoms. The van der Waals surface area contributed by atoms with E-state index in [-0.39, 0.29) is 11.7 Å². The van der Waals surface area contributed by atoms with Gasteiger partial charge in [0.1, 0.15) is 12.4 Å². The smallest absolute Gasteiger partial charge is 0.374 e. The van der Waals surface area contributed by atoms with Crippen molar-refractivity contribution >= 4 is 11.8 Å². The zero-order valence-electron chi connectivity index (χ0n) is 12.4. The minimum Gasteiger partial charge on any atom is -0.374 e. The number of carbonyl (C=O) groups is 1. The third-order valence-corrected chi connectivity index (χ3v) is 2.72. The molecule has 0 N–H and O–H groups in total. The van der Waals surface area contributed by atoms with E-state index in [2.05, 4.69) is 9.97 Å². The van der Waals surface area contributed by atoms with Crippen molar-refractivity contribution in [2.24, 2.45) is 0 Å². The third-order valence-electron chi connectivity index (χ3n) is 2.72. The van der Waals surface area contributed by atoms with E-state index in [1.807, 2.05) is 0 Å². The van der Waals surface area contributed by atoms with Crippen molar-refractivity contribution in [3.63, 3.8) is 0 Å². The van der Waals surface area contributed by atoms with E-state index in [1.165, 1.54) is 12.4 Å². The van der Waals surface area contributed by atoms with Gasteiger partial charge in [-0.15, -0.1) is 0 Å². The van der Waals surface area contributed by atoms with E-state index in [9.17, 15) is 9.70 Å². The van der Waals surface area contributed by atoms with Gasteiger partial charge in [0.2, 0.25) is 0 Å². The molecule has 0 radical (unpaired) electrons. The van der Waals surface area contributed by atoms with Crippen LogP contribution in [0.1, 0.15) is 33.6 Å². The third kappa shape index (κ3) is 4.37. The molecule has 0 saturated carbocycles. The maximum absolute atomic E-state index is 11.7. The normalized spacial score (nSPS) is 14.9. The Morgan fingerprint density at radius 1 is 1.24 bits per heavy atom. The topological polar surface area (TPSA) is 84.6 Å². The number of nitrogens with zero attached hydrogens (tertiary/aromatic N) is 4. The van der Waals surface area contributed by atoms with Gasteiger partial charge in [-0.2, -0.15) is 9.97 Å². The number of amides is 1. The minimum atomic E-state index is -0.622. The highest BCUT2D eigenvalue weighted by Gasteiger charge is 2.27. The van der Waals surface area contributed by atoms with Crippen LogP contribution >= 0.6 is 0 Å². The average molecular weight is 295 g/mol. The van der Waals surface area contributed by atoms with Crippen LogP contribution in [0.3, 0.4) is 0 Å². The molecule has 0 unspecified atom stereocenters. The van der Waals surface area contributed by atoms with Crippen LogP contribution < -0.4 is 4.74 Å². The standard InChI is InChI=1S/C13H19N4O4/c1-13(2,3)21-17(19)10-8-14-11(15-9-10)20-12(18)16-6-4-5-7-16/h8-9H,4-7H2,1-3H3/q+1. The molecule has 8 nitrogen and oxygen atoms in total. The van der Waals surface area contributed by atoms with Gasteiger partial charge in [-0.05, 0) is 33.6 Å². The summed E-state index contributed by atoms with van der Waals surface area (Å²) in [4.78, 5) is 38.2. The SMILES string of the molecule is CC(C)(C)O[N+](=O)c1cnc(OC(=O)N2CCCC2)nc1. The van der Waals surface area contributed by atoms with Crippen LogP contribution in [0.2, 0.25) is 0 Å². The fourth-order valence-corrected chi connectivity index (χ4v) is 1.80. The molecule has 21 heavy (non-hydrogen) atoms. The van der Waals surface area contributed by atoms with Crippen LogP contribution in [0.15, 0.2) is 12.4 Å². The summed E-state index contributed by atoms with van der Waals surface area (Å²) < 4.78 is 5.04. The Kier molecular flexibility index (Phi) is 4.35. The summed E-state index contributed by atoms with van der Waals surface area (Å²) in [7, 11) is 0. The van der Waals surface area contributed by atoms with Gasteiger partial charge < -0.3 is 9.64 Å². The molecular formula is C13H19N4O4+. The summed E-state index contributed by atoms with van der Waals surface area (Å²) in [5.74, 6) is 0. The Hall–Kier alpha value is -2.25. The van der Waals surface area contributed by atoms with Crippen LogP contribution in [0.25, 0.3) is 0 Å². The highest BCUT2D eigenvalue weighted by atomic mass is 16.8. The molecule has 0 atom stereocenters. The Morgan fingerprint density at radius 3 is 2.33 bits per heavy atom. The molecule has 2 heterocycles. The fourth-order valence-electron chi connectivity index (χ4n) is 1.80. The number of carbonyl (C=O) groups excluding carboxylic acids is 1. The molecule has 1 aliphatic heterocycles. The van der Waals surface area contributed by atoms with Crippen molar-refractivity contribution in [1.29, 1.82) is 0 Å². The van der Waals surface area contributed by atoms with Crippen molar-refractivity contribution in [2.45, 2.75) is 39.2 Å². The quantitative estimate of drug-likeness (QED) is 0.795. The van der Waals surface area contributed by atoms with Crippen molar-refractivity contribution in [3.8, 4) is 6.01 Å². The van der Waals surface area contributed by atoms with Gasteiger partial charge >= 0.3 is 17.8 Å². The molecule has 0 bridgehead atoms. The fraction of sp³-hybridized carbons (Fsp3) is 0.615. The molecule has 114 valence electrons. The van der Waals surface area contributed by atoms with Crippen LogP contribution in [0, 0.1) is 4.91 Å². The Labute approximate surface area is 122 Å². The second-order valence-corrected chi connectivity index (χ2v) is 5.75. The molecule has 1 aromatic rings. The van der Waals surface area contributed by atoms with Crippen molar-refractivity contribution in [3.05, 3.63) is 17.3 Å². The number of likely N-dealkylation sites (tertiary alicyclic amines) is 1. The minimum absolute atomic E-state index is 0.0835. The maximum atomic E-state index is 11.7. The van der Waals surface area contributed by atoms with Crippen molar-refractivity contribution < 1.29 is 19.3 Å². The number of hydrogen-bond acceptors (Lipinski definition) is 6. The number of rotatable bonds is 3. The molecular weight excluding hydrogens is 276 g/mol. The van der Waals surface area contributed by atoms with Gasteiger partial charge in [0.25, 0.3) is 4.92 Å². The molecule has 1 aromatic heterocycles. The summed E-state index contributed by atoms with van der Waals surface area (Å²) in [5, 5.41) is 0. The number of hydrogen-bond donors (Lipinski definition) is 0. The monoisotopic (exact) mass is 295 g/mol. The zero-order chi connectivity index (χ0) is 15.5. The van der Waals surface area contributed by atoms with Gasteiger partial charge in [-0.25, -0.2) is 9.63 Å². The molecule has 0 aliphatic carbocycles. The van der Waals surface area contributed by atoms with Crippen molar-refractivity contribution in [2.75, 3.05) is 13.1 Å². The first kappa shape index (κ1) is 15.1. The lowest BCUT2D eigenvalue weighted by Gasteiger charge is -2.13. The first-order chi connectivity index (χ1) is 9.85. The number of ether oxygens (including phenoxy) is 1. The van der Waals surface area contributed by atoms with Gasteiger partial charge in [0.15, 0.2) is 5.60 Å². The lowest BCUT2D eigenvalue weighted by Crippen LogP contribution is -2.31. The Morgan fingerprint density at radius 2 is 1.81 bits per heavy atom. The van der Waals surface area contributed by atoms with Crippen LogP contribution in [0.5, 0.6) is 6.01 Å². The van der Waals surface area contributed by atoms with Gasteiger partial charge in [0.05, 0.1) is 4.91 Å². The van der Waals surface area contributed by atoms with Crippen LogP contribution in [-0.2, 0) is 4.84 Å². The lowest BCUT2D eigenvalue weighted by molar-refractivity contribution is -0.766. The molecule has 1 fully saturated rings. The number of aromatic nitrogens is 2. The highest BCUT2D eigenvalue weighted by molar-refractivity contribution is 5.70. The van der Waals surface area contributed by atoms with Crippen LogP contribution in [-0.4, -0.2) is 44.6 Å². The van der Waals surface area contributed by atoms with Gasteiger partial charge in [-0.3, -0.25) is 0 Å².